The number of para-hydroxylation sites is 1. The molecule has 0 unspecified atom stereocenters. The second kappa shape index (κ2) is 5.31. The Morgan fingerprint density at radius 1 is 1.00 bits per heavy atom. The lowest BCUT2D eigenvalue weighted by Gasteiger charge is -2.32. The fourth-order valence-corrected chi connectivity index (χ4v) is 3.58. The van der Waals surface area contributed by atoms with Crippen LogP contribution in [0.4, 0.5) is 17.1 Å². The highest BCUT2D eigenvalue weighted by molar-refractivity contribution is 5.89. The van der Waals surface area contributed by atoms with Crippen molar-refractivity contribution in [1.29, 1.82) is 5.26 Å². The first-order chi connectivity index (χ1) is 10.9. The van der Waals surface area contributed by atoms with Crippen LogP contribution in [0.15, 0.2) is 24.3 Å². The highest BCUT2D eigenvalue weighted by Gasteiger charge is 2.35. The molecule has 1 aliphatic rings. The quantitative estimate of drug-likeness (QED) is 0.763. The Bertz CT molecular complexity index is 804. The molecule has 0 saturated heterocycles. The number of benzene rings is 2. The molecule has 1 atom stereocenters. The van der Waals surface area contributed by atoms with Crippen LogP contribution in [0.3, 0.4) is 0 Å². The van der Waals surface area contributed by atoms with E-state index in [9.17, 15) is 5.26 Å². The molecule has 2 aromatic rings. The van der Waals surface area contributed by atoms with Gasteiger partial charge in [-0.15, -0.1) is 0 Å². The minimum absolute atomic E-state index is 0.179. The third-order valence-electron chi connectivity index (χ3n) is 5.26. The van der Waals surface area contributed by atoms with Gasteiger partial charge in [0.1, 0.15) is 12.2 Å². The lowest BCUT2D eigenvalue weighted by molar-refractivity contribution is 0.730. The van der Waals surface area contributed by atoms with Gasteiger partial charge in [0, 0.05) is 12.7 Å². The number of nitrogens with zero attached hydrogens (tertiary/aromatic N) is 3. The number of anilines is 3. The Balaban J connectivity index is 2.35. The molecule has 0 fully saturated rings. The SMILES string of the molecule is Cc1cc(C)c(C)c(N2c3c(C#N)cccc3N(C)[C@@H]2C)c1C. The van der Waals surface area contributed by atoms with E-state index in [0.717, 1.165) is 16.9 Å². The monoisotopic (exact) mass is 305 g/mol. The van der Waals surface area contributed by atoms with Crippen molar-refractivity contribution in [3.05, 3.63) is 52.1 Å². The average Bonchev–Trinajstić information content (AvgIpc) is 2.78. The standard InChI is InChI=1S/C20H23N3/c1-12-10-13(2)15(4)19(14(12)3)23-16(5)22(6)18-9-7-8-17(11-21)20(18)23/h7-10,16H,1-6H3/t16-/m0/s1. The molecule has 23 heavy (non-hydrogen) atoms. The Labute approximate surface area is 138 Å². The van der Waals surface area contributed by atoms with Crippen LogP contribution >= 0.6 is 0 Å². The third-order valence-corrected chi connectivity index (χ3v) is 5.26. The van der Waals surface area contributed by atoms with Gasteiger partial charge in [0.15, 0.2) is 0 Å². The molecule has 0 saturated carbocycles. The summed E-state index contributed by atoms with van der Waals surface area (Å²) < 4.78 is 0. The van der Waals surface area contributed by atoms with E-state index in [1.165, 1.54) is 27.9 Å². The zero-order valence-corrected chi connectivity index (χ0v) is 14.7. The molecule has 0 N–H and O–H groups in total. The molecular formula is C20H23N3. The van der Waals surface area contributed by atoms with E-state index in [1.807, 2.05) is 12.1 Å². The zero-order valence-electron chi connectivity index (χ0n) is 14.7. The van der Waals surface area contributed by atoms with Crippen LogP contribution in [-0.2, 0) is 0 Å². The van der Waals surface area contributed by atoms with Crippen LogP contribution < -0.4 is 9.80 Å². The summed E-state index contributed by atoms with van der Waals surface area (Å²) in [6.45, 7) is 10.9. The van der Waals surface area contributed by atoms with Crippen molar-refractivity contribution in [2.45, 2.75) is 40.8 Å². The molecule has 0 bridgehead atoms. The number of hydrogen-bond donors (Lipinski definition) is 0. The maximum Gasteiger partial charge on any atom is 0.103 e. The summed E-state index contributed by atoms with van der Waals surface area (Å²) in [7, 11) is 2.10. The van der Waals surface area contributed by atoms with Gasteiger partial charge in [0.05, 0.1) is 16.9 Å². The molecule has 1 aliphatic heterocycles. The lowest BCUT2D eigenvalue weighted by Crippen LogP contribution is -2.36. The van der Waals surface area contributed by atoms with Crippen molar-refractivity contribution < 1.29 is 0 Å². The van der Waals surface area contributed by atoms with Gasteiger partial charge in [0.2, 0.25) is 0 Å². The molecule has 3 rings (SSSR count). The first-order valence-corrected chi connectivity index (χ1v) is 8.01. The van der Waals surface area contributed by atoms with Gasteiger partial charge in [-0.05, 0) is 69.0 Å². The Kier molecular flexibility index (Phi) is 3.56. The second-order valence-electron chi connectivity index (χ2n) is 6.51. The number of nitriles is 1. The van der Waals surface area contributed by atoms with E-state index in [4.69, 9.17) is 0 Å². The lowest BCUT2D eigenvalue weighted by atomic mass is 9.97. The van der Waals surface area contributed by atoms with Gasteiger partial charge in [-0.25, -0.2) is 0 Å². The Morgan fingerprint density at radius 3 is 2.17 bits per heavy atom. The number of fused-ring (bicyclic) bond motifs is 1. The predicted molar refractivity (Wildman–Crippen MR) is 96.6 cm³/mol. The van der Waals surface area contributed by atoms with Crippen LogP contribution in [-0.4, -0.2) is 13.2 Å². The van der Waals surface area contributed by atoms with Crippen LogP contribution in [0.25, 0.3) is 0 Å². The van der Waals surface area contributed by atoms with Crippen LogP contribution in [0.1, 0.15) is 34.7 Å². The summed E-state index contributed by atoms with van der Waals surface area (Å²) in [6, 6.07) is 10.6. The minimum atomic E-state index is 0.179. The fourth-order valence-electron chi connectivity index (χ4n) is 3.58. The van der Waals surface area contributed by atoms with Crippen molar-refractivity contribution in [2.75, 3.05) is 16.8 Å². The number of rotatable bonds is 1. The first-order valence-electron chi connectivity index (χ1n) is 8.01. The smallest absolute Gasteiger partial charge is 0.103 e. The van der Waals surface area contributed by atoms with E-state index < -0.39 is 0 Å². The summed E-state index contributed by atoms with van der Waals surface area (Å²) in [4.78, 5) is 4.57. The van der Waals surface area contributed by atoms with Crippen molar-refractivity contribution in [3.8, 4) is 6.07 Å². The van der Waals surface area contributed by atoms with E-state index in [-0.39, 0.29) is 6.17 Å². The molecule has 0 aliphatic carbocycles. The predicted octanol–water partition coefficient (Wildman–Crippen LogP) is 4.73. The van der Waals surface area contributed by atoms with Crippen LogP contribution in [0.5, 0.6) is 0 Å². The molecule has 0 radical (unpaired) electrons. The maximum absolute atomic E-state index is 9.59. The van der Waals surface area contributed by atoms with Crippen molar-refractivity contribution in [2.24, 2.45) is 0 Å². The van der Waals surface area contributed by atoms with Gasteiger partial charge < -0.3 is 9.80 Å². The maximum atomic E-state index is 9.59. The van der Waals surface area contributed by atoms with Crippen molar-refractivity contribution >= 4 is 17.1 Å². The normalized spacial score (nSPS) is 16.5. The van der Waals surface area contributed by atoms with Gasteiger partial charge in [-0.2, -0.15) is 5.26 Å². The molecular weight excluding hydrogens is 282 g/mol. The van der Waals surface area contributed by atoms with Gasteiger partial charge in [-0.3, -0.25) is 0 Å². The van der Waals surface area contributed by atoms with Crippen LogP contribution in [0, 0.1) is 39.0 Å². The van der Waals surface area contributed by atoms with Crippen molar-refractivity contribution in [1.82, 2.24) is 0 Å². The topological polar surface area (TPSA) is 30.3 Å². The third kappa shape index (κ3) is 2.09. The largest absolute Gasteiger partial charge is 0.352 e. The minimum Gasteiger partial charge on any atom is -0.352 e. The molecule has 3 nitrogen and oxygen atoms in total. The molecule has 118 valence electrons. The summed E-state index contributed by atoms with van der Waals surface area (Å²) in [5.41, 5.74) is 9.28. The second-order valence-corrected chi connectivity index (χ2v) is 6.51. The summed E-state index contributed by atoms with van der Waals surface area (Å²) in [5, 5.41) is 9.59. The molecule has 3 heteroatoms. The molecule has 1 heterocycles. The van der Waals surface area contributed by atoms with Gasteiger partial charge in [-0.1, -0.05) is 12.1 Å². The van der Waals surface area contributed by atoms with Gasteiger partial charge >= 0.3 is 0 Å². The number of aryl methyl sites for hydroxylation is 2. The zero-order chi connectivity index (χ0) is 16.9. The molecule has 0 aromatic heterocycles. The highest BCUT2D eigenvalue weighted by Crippen LogP contribution is 2.47. The van der Waals surface area contributed by atoms with E-state index in [0.29, 0.717) is 0 Å². The highest BCUT2D eigenvalue weighted by atomic mass is 15.4. The molecule has 0 amide bonds. The Hall–Kier alpha value is -2.47. The molecule has 2 aromatic carbocycles. The average molecular weight is 305 g/mol. The molecule has 0 spiro atoms. The van der Waals surface area contributed by atoms with Crippen molar-refractivity contribution in [3.63, 3.8) is 0 Å². The number of hydrogen-bond acceptors (Lipinski definition) is 3. The summed E-state index contributed by atoms with van der Waals surface area (Å²) >= 11 is 0. The van der Waals surface area contributed by atoms with E-state index >= 15 is 0 Å². The van der Waals surface area contributed by atoms with Gasteiger partial charge in [0.25, 0.3) is 0 Å². The first kappa shape index (κ1) is 15.4. The van der Waals surface area contributed by atoms with E-state index in [1.54, 1.807) is 0 Å². The van der Waals surface area contributed by atoms with E-state index in [2.05, 4.69) is 69.7 Å². The summed E-state index contributed by atoms with van der Waals surface area (Å²) in [5.74, 6) is 0. The van der Waals surface area contributed by atoms with Crippen LogP contribution in [0.2, 0.25) is 0 Å². The summed E-state index contributed by atoms with van der Waals surface area (Å²) in [6.07, 6.45) is 0.179. The Morgan fingerprint density at radius 2 is 1.61 bits per heavy atom. The fraction of sp³-hybridized carbons (Fsp3) is 0.350.